The molecule has 0 saturated heterocycles. The maximum Gasteiger partial charge on any atom is 0.416 e. The lowest BCUT2D eigenvalue weighted by atomic mass is 10.1. The number of carbonyl (C=O) groups excluding carboxylic acids is 2. The third-order valence-corrected chi connectivity index (χ3v) is 3.20. The van der Waals surface area contributed by atoms with E-state index in [-0.39, 0.29) is 13.2 Å². The fourth-order valence-electron chi connectivity index (χ4n) is 1.87. The number of hydrogen-bond donors (Lipinski definition) is 2. The van der Waals surface area contributed by atoms with Crippen LogP contribution in [0, 0.1) is 0 Å². The van der Waals surface area contributed by atoms with Crippen LogP contribution in [0.3, 0.4) is 0 Å². The molecular weight excluding hydrogens is 363 g/mol. The van der Waals surface area contributed by atoms with Crippen molar-refractivity contribution in [1.82, 2.24) is 10.7 Å². The molecule has 2 amide bonds. The third kappa shape index (κ3) is 7.18. The Bertz CT molecular complexity index is 791. The highest BCUT2D eigenvalue weighted by Gasteiger charge is 2.29. The Morgan fingerprint density at radius 1 is 1.00 bits per heavy atom. The lowest BCUT2D eigenvalue weighted by molar-refractivity contribution is -0.137. The molecule has 2 aromatic rings. The van der Waals surface area contributed by atoms with Gasteiger partial charge >= 0.3 is 6.18 Å². The monoisotopic (exact) mass is 379 g/mol. The van der Waals surface area contributed by atoms with Gasteiger partial charge < -0.3 is 10.1 Å². The summed E-state index contributed by atoms with van der Waals surface area (Å²) < 4.78 is 42.6. The van der Waals surface area contributed by atoms with E-state index in [0.717, 1.165) is 12.1 Å². The minimum Gasteiger partial charge on any atom is -0.484 e. The van der Waals surface area contributed by atoms with Gasteiger partial charge in [-0.2, -0.15) is 18.3 Å². The Kier molecular flexibility index (Phi) is 6.93. The van der Waals surface area contributed by atoms with Crippen LogP contribution in [0.15, 0.2) is 59.7 Å². The average molecular weight is 379 g/mol. The van der Waals surface area contributed by atoms with Crippen LogP contribution in [-0.2, 0) is 15.8 Å². The number of amides is 2. The molecule has 2 rings (SSSR count). The summed E-state index contributed by atoms with van der Waals surface area (Å²) in [6.07, 6.45) is -3.22. The molecule has 9 heteroatoms. The Hall–Kier alpha value is -3.36. The zero-order valence-electron chi connectivity index (χ0n) is 14.0. The van der Waals surface area contributed by atoms with E-state index in [9.17, 15) is 22.8 Å². The molecule has 0 aromatic heterocycles. The Morgan fingerprint density at radius 3 is 2.30 bits per heavy atom. The highest BCUT2D eigenvalue weighted by Crippen LogP contribution is 2.28. The molecule has 0 saturated carbocycles. The van der Waals surface area contributed by atoms with Crippen molar-refractivity contribution >= 4 is 18.0 Å². The van der Waals surface area contributed by atoms with Gasteiger partial charge in [-0.05, 0) is 29.8 Å². The summed E-state index contributed by atoms with van der Waals surface area (Å²) in [7, 11) is 0. The summed E-state index contributed by atoms with van der Waals surface area (Å²) in [5, 5.41) is 5.97. The van der Waals surface area contributed by atoms with Crippen molar-refractivity contribution in [3.8, 4) is 5.75 Å². The van der Waals surface area contributed by atoms with Gasteiger partial charge in [-0.25, -0.2) is 5.43 Å². The summed E-state index contributed by atoms with van der Waals surface area (Å²) in [5.41, 5.74) is 1.76. The molecule has 0 heterocycles. The number of para-hydroxylation sites is 1. The van der Waals surface area contributed by atoms with Gasteiger partial charge in [0.05, 0.1) is 18.3 Å². The summed E-state index contributed by atoms with van der Waals surface area (Å²) in [5.74, 6) is -0.551. The Balaban J connectivity index is 1.69. The van der Waals surface area contributed by atoms with Gasteiger partial charge in [-0.3, -0.25) is 9.59 Å². The molecule has 0 radical (unpaired) electrons. The van der Waals surface area contributed by atoms with Gasteiger partial charge in [-0.1, -0.05) is 30.3 Å². The normalized spacial score (nSPS) is 11.2. The first-order valence-electron chi connectivity index (χ1n) is 7.78. The van der Waals surface area contributed by atoms with E-state index in [0.29, 0.717) is 11.3 Å². The Labute approximate surface area is 153 Å². The van der Waals surface area contributed by atoms with E-state index < -0.39 is 23.6 Å². The molecule has 27 heavy (non-hydrogen) atoms. The second-order valence-corrected chi connectivity index (χ2v) is 5.29. The number of nitrogens with one attached hydrogen (secondary N) is 2. The molecule has 2 N–H and O–H groups in total. The number of hydrogen-bond acceptors (Lipinski definition) is 4. The van der Waals surface area contributed by atoms with Crippen LogP contribution < -0.4 is 15.5 Å². The molecule has 142 valence electrons. The molecule has 0 aliphatic carbocycles. The van der Waals surface area contributed by atoms with Crippen LogP contribution in [0.4, 0.5) is 13.2 Å². The van der Waals surface area contributed by atoms with E-state index in [2.05, 4.69) is 15.8 Å². The van der Waals surface area contributed by atoms with Crippen LogP contribution in [0.1, 0.15) is 11.1 Å². The number of rotatable bonds is 7. The van der Waals surface area contributed by atoms with Crippen LogP contribution in [-0.4, -0.2) is 31.2 Å². The summed E-state index contributed by atoms with van der Waals surface area (Å²) >= 11 is 0. The SMILES string of the molecule is O=C(COc1ccccc1)NCC(=O)N/N=C/c1ccc(C(F)(F)F)cc1. The van der Waals surface area contributed by atoms with Crippen LogP contribution in [0.25, 0.3) is 0 Å². The van der Waals surface area contributed by atoms with Crippen molar-refractivity contribution in [2.75, 3.05) is 13.2 Å². The average Bonchev–Trinajstić information content (AvgIpc) is 2.65. The predicted octanol–water partition coefficient (Wildman–Crippen LogP) is 2.35. The highest BCUT2D eigenvalue weighted by molar-refractivity contribution is 5.86. The van der Waals surface area contributed by atoms with Gasteiger partial charge in [-0.15, -0.1) is 0 Å². The summed E-state index contributed by atoms with van der Waals surface area (Å²) in [6.45, 7) is -0.562. The van der Waals surface area contributed by atoms with Gasteiger partial charge in [0.2, 0.25) is 0 Å². The number of hydrazone groups is 1. The molecule has 6 nitrogen and oxygen atoms in total. The zero-order valence-corrected chi connectivity index (χ0v) is 14.0. The molecule has 0 atom stereocenters. The van der Waals surface area contributed by atoms with E-state index in [1.807, 2.05) is 6.07 Å². The molecule has 2 aromatic carbocycles. The van der Waals surface area contributed by atoms with Crippen LogP contribution >= 0.6 is 0 Å². The molecule has 0 fully saturated rings. The quantitative estimate of drug-likeness (QED) is 0.573. The molecule has 0 bridgehead atoms. The topological polar surface area (TPSA) is 79.8 Å². The maximum absolute atomic E-state index is 12.4. The third-order valence-electron chi connectivity index (χ3n) is 3.20. The summed E-state index contributed by atoms with van der Waals surface area (Å²) in [4.78, 5) is 23.2. The van der Waals surface area contributed by atoms with Gasteiger partial charge in [0.15, 0.2) is 6.61 Å². The second-order valence-electron chi connectivity index (χ2n) is 5.29. The lowest BCUT2D eigenvalue weighted by Crippen LogP contribution is -2.37. The van der Waals surface area contributed by atoms with E-state index in [1.165, 1.54) is 18.3 Å². The number of nitrogens with zero attached hydrogens (tertiary/aromatic N) is 1. The van der Waals surface area contributed by atoms with Crippen LogP contribution in [0.2, 0.25) is 0 Å². The minimum atomic E-state index is -4.41. The van der Waals surface area contributed by atoms with E-state index >= 15 is 0 Å². The van der Waals surface area contributed by atoms with E-state index in [1.54, 1.807) is 24.3 Å². The zero-order chi connectivity index (χ0) is 19.7. The second kappa shape index (κ2) is 9.37. The predicted molar refractivity (Wildman–Crippen MR) is 92.1 cm³/mol. The molecular formula is C18H16F3N3O3. The first-order chi connectivity index (χ1) is 12.8. The van der Waals surface area contributed by atoms with Crippen molar-refractivity contribution in [3.05, 3.63) is 65.7 Å². The minimum absolute atomic E-state index is 0.244. The molecule has 0 aliphatic rings. The van der Waals surface area contributed by atoms with Gasteiger partial charge in [0.25, 0.3) is 11.8 Å². The van der Waals surface area contributed by atoms with Crippen molar-refractivity contribution in [1.29, 1.82) is 0 Å². The van der Waals surface area contributed by atoms with E-state index in [4.69, 9.17) is 4.74 Å². The standard InChI is InChI=1S/C18H16F3N3O3/c19-18(20,21)14-8-6-13(7-9-14)10-23-24-16(25)11-22-17(26)12-27-15-4-2-1-3-5-15/h1-10H,11-12H2,(H,22,26)(H,24,25)/b23-10+. The van der Waals surface area contributed by atoms with Crippen molar-refractivity contribution in [2.45, 2.75) is 6.18 Å². The highest BCUT2D eigenvalue weighted by atomic mass is 19.4. The maximum atomic E-state index is 12.4. The smallest absolute Gasteiger partial charge is 0.416 e. The lowest BCUT2D eigenvalue weighted by Gasteiger charge is -2.07. The Morgan fingerprint density at radius 2 is 1.67 bits per heavy atom. The number of benzene rings is 2. The van der Waals surface area contributed by atoms with Gasteiger partial charge in [0, 0.05) is 0 Å². The number of alkyl halides is 3. The molecule has 0 unspecified atom stereocenters. The number of carbonyl (C=O) groups is 2. The number of ether oxygens (including phenoxy) is 1. The van der Waals surface area contributed by atoms with Crippen molar-refractivity contribution < 1.29 is 27.5 Å². The fourth-order valence-corrected chi connectivity index (χ4v) is 1.87. The number of halogens is 3. The van der Waals surface area contributed by atoms with Gasteiger partial charge in [0.1, 0.15) is 5.75 Å². The van der Waals surface area contributed by atoms with Crippen molar-refractivity contribution in [3.63, 3.8) is 0 Å². The molecule has 0 spiro atoms. The summed E-state index contributed by atoms with van der Waals surface area (Å²) in [6, 6.07) is 13.0. The fraction of sp³-hybridized carbons (Fsp3) is 0.167. The van der Waals surface area contributed by atoms with Crippen LogP contribution in [0.5, 0.6) is 5.75 Å². The largest absolute Gasteiger partial charge is 0.484 e. The van der Waals surface area contributed by atoms with Crippen molar-refractivity contribution in [2.24, 2.45) is 5.10 Å². The molecule has 0 aliphatic heterocycles. The first kappa shape index (κ1) is 20.0. The first-order valence-corrected chi connectivity index (χ1v) is 7.78.